The molecule has 2 atom stereocenters. The van der Waals surface area contributed by atoms with Gasteiger partial charge in [-0.2, -0.15) is 0 Å². The highest BCUT2D eigenvalue weighted by Crippen LogP contribution is 2.38. The molecule has 0 aliphatic carbocycles. The largest absolute Gasteiger partial charge is 0.316 e. The van der Waals surface area contributed by atoms with Gasteiger partial charge in [0, 0.05) is 37.4 Å². The normalized spacial score (nSPS) is 33.1. The maximum Gasteiger partial charge on any atom is 0.109 e. The minimum Gasteiger partial charge on any atom is -0.316 e. The van der Waals surface area contributed by atoms with Gasteiger partial charge < -0.3 is 5.32 Å². The summed E-state index contributed by atoms with van der Waals surface area (Å²) in [7, 11) is 0. The predicted octanol–water partition coefficient (Wildman–Crippen LogP) is 1.61. The Morgan fingerprint density at radius 2 is 2.28 bits per heavy atom. The summed E-state index contributed by atoms with van der Waals surface area (Å²) in [5, 5.41) is 3.36. The molecule has 4 heteroatoms. The van der Waals surface area contributed by atoms with E-state index in [1.165, 1.54) is 5.56 Å². The van der Waals surface area contributed by atoms with Crippen LogP contribution in [0.4, 0.5) is 4.39 Å². The lowest BCUT2D eigenvalue weighted by Gasteiger charge is -2.37. The minimum atomic E-state index is -0.638. The molecule has 3 heterocycles. The van der Waals surface area contributed by atoms with E-state index in [1.54, 1.807) is 0 Å². The zero-order valence-electron chi connectivity index (χ0n) is 10.6. The molecule has 3 rings (SSSR count). The average molecular weight is 249 g/mol. The molecule has 1 aromatic heterocycles. The minimum absolute atomic E-state index is 0.134. The monoisotopic (exact) mass is 249 g/mol. The molecule has 2 aliphatic rings. The van der Waals surface area contributed by atoms with Crippen molar-refractivity contribution in [2.24, 2.45) is 5.41 Å². The second-order valence-electron chi connectivity index (χ2n) is 5.61. The number of pyridine rings is 1. The molecule has 0 aromatic carbocycles. The highest BCUT2D eigenvalue weighted by Gasteiger charge is 2.46. The van der Waals surface area contributed by atoms with Crippen LogP contribution in [0.3, 0.4) is 0 Å². The summed E-state index contributed by atoms with van der Waals surface area (Å²) in [6.45, 7) is 4.46. The van der Waals surface area contributed by atoms with Gasteiger partial charge in [0.15, 0.2) is 0 Å². The smallest absolute Gasteiger partial charge is 0.109 e. The maximum atomic E-state index is 14.2. The van der Waals surface area contributed by atoms with E-state index in [1.807, 2.05) is 24.5 Å². The number of hydrogen-bond acceptors (Lipinski definition) is 3. The van der Waals surface area contributed by atoms with E-state index in [-0.39, 0.29) is 5.41 Å². The van der Waals surface area contributed by atoms with Gasteiger partial charge in [-0.25, -0.2) is 4.39 Å². The van der Waals surface area contributed by atoms with Crippen molar-refractivity contribution in [3.05, 3.63) is 30.1 Å². The van der Waals surface area contributed by atoms with E-state index in [4.69, 9.17) is 0 Å². The van der Waals surface area contributed by atoms with Crippen molar-refractivity contribution in [3.8, 4) is 0 Å². The highest BCUT2D eigenvalue weighted by molar-refractivity contribution is 5.10. The van der Waals surface area contributed by atoms with Gasteiger partial charge >= 0.3 is 0 Å². The van der Waals surface area contributed by atoms with Crippen LogP contribution < -0.4 is 5.32 Å². The zero-order chi connectivity index (χ0) is 12.4. The average Bonchev–Trinajstić information content (AvgIpc) is 2.79. The van der Waals surface area contributed by atoms with Gasteiger partial charge in [-0.05, 0) is 43.6 Å². The van der Waals surface area contributed by atoms with Gasteiger partial charge in [0.2, 0.25) is 0 Å². The Morgan fingerprint density at radius 3 is 3.06 bits per heavy atom. The second kappa shape index (κ2) is 4.94. The van der Waals surface area contributed by atoms with Gasteiger partial charge in [-0.15, -0.1) is 0 Å². The van der Waals surface area contributed by atoms with Crippen LogP contribution in [0.25, 0.3) is 0 Å². The number of alkyl halides is 1. The first-order valence-corrected chi connectivity index (χ1v) is 6.75. The number of halogens is 1. The molecule has 98 valence electrons. The lowest BCUT2D eigenvalue weighted by atomic mass is 9.78. The Balaban J connectivity index is 1.64. The molecular formula is C14H20FN3. The lowest BCUT2D eigenvalue weighted by Crippen LogP contribution is -2.49. The standard InChI is InChI=1S/C14H20FN3/c15-13-3-7-17-10-14(13)4-8-18(11-14)9-12-1-5-16-6-2-12/h1-2,5-6,13,17H,3-4,7-11H2/t13-,14-/m1/s1. The zero-order valence-corrected chi connectivity index (χ0v) is 10.6. The Kier molecular flexibility index (Phi) is 3.31. The fourth-order valence-corrected chi connectivity index (χ4v) is 3.25. The van der Waals surface area contributed by atoms with Crippen molar-refractivity contribution in [1.29, 1.82) is 0 Å². The van der Waals surface area contributed by atoms with Crippen LogP contribution in [0, 0.1) is 5.41 Å². The van der Waals surface area contributed by atoms with E-state index >= 15 is 0 Å². The highest BCUT2D eigenvalue weighted by atomic mass is 19.1. The Hall–Kier alpha value is -1.00. The van der Waals surface area contributed by atoms with Crippen LogP contribution in [-0.2, 0) is 6.54 Å². The molecule has 2 fully saturated rings. The van der Waals surface area contributed by atoms with Crippen molar-refractivity contribution >= 4 is 0 Å². The van der Waals surface area contributed by atoms with Gasteiger partial charge in [0.1, 0.15) is 6.17 Å². The summed E-state index contributed by atoms with van der Waals surface area (Å²) < 4.78 is 14.2. The summed E-state index contributed by atoms with van der Waals surface area (Å²) >= 11 is 0. The molecule has 3 nitrogen and oxygen atoms in total. The molecular weight excluding hydrogens is 229 g/mol. The number of hydrogen-bond donors (Lipinski definition) is 1. The molecule has 0 bridgehead atoms. The van der Waals surface area contributed by atoms with Crippen molar-refractivity contribution in [1.82, 2.24) is 15.2 Å². The molecule has 0 radical (unpaired) electrons. The number of piperidine rings is 1. The molecule has 1 aromatic rings. The van der Waals surface area contributed by atoms with Crippen LogP contribution in [-0.4, -0.2) is 42.2 Å². The van der Waals surface area contributed by atoms with Gasteiger partial charge in [-0.3, -0.25) is 9.88 Å². The summed E-state index contributed by atoms with van der Waals surface area (Å²) in [6.07, 6.45) is 4.65. The fourth-order valence-electron chi connectivity index (χ4n) is 3.25. The van der Waals surface area contributed by atoms with E-state index < -0.39 is 6.17 Å². The van der Waals surface area contributed by atoms with Crippen molar-refractivity contribution in [3.63, 3.8) is 0 Å². The Morgan fingerprint density at radius 1 is 1.44 bits per heavy atom. The van der Waals surface area contributed by atoms with Crippen LogP contribution in [0.2, 0.25) is 0 Å². The first kappa shape index (κ1) is 12.1. The first-order chi connectivity index (χ1) is 8.78. The number of likely N-dealkylation sites (tertiary alicyclic amines) is 1. The Labute approximate surface area is 107 Å². The quantitative estimate of drug-likeness (QED) is 0.863. The van der Waals surface area contributed by atoms with Crippen LogP contribution in [0.5, 0.6) is 0 Å². The van der Waals surface area contributed by atoms with Crippen molar-refractivity contribution in [2.75, 3.05) is 26.2 Å². The van der Waals surface area contributed by atoms with Crippen LogP contribution in [0.15, 0.2) is 24.5 Å². The SMILES string of the molecule is F[C@@H]1CCNC[C@@]12CCN(Cc1ccncc1)C2. The van der Waals surface area contributed by atoms with E-state index in [0.717, 1.165) is 39.1 Å². The molecule has 2 saturated heterocycles. The van der Waals surface area contributed by atoms with Gasteiger partial charge in [-0.1, -0.05) is 0 Å². The van der Waals surface area contributed by atoms with Crippen molar-refractivity contribution < 1.29 is 4.39 Å². The Bertz CT molecular complexity index is 397. The third kappa shape index (κ3) is 2.27. The summed E-state index contributed by atoms with van der Waals surface area (Å²) in [5.74, 6) is 0. The fraction of sp³-hybridized carbons (Fsp3) is 0.643. The van der Waals surface area contributed by atoms with E-state index in [0.29, 0.717) is 6.42 Å². The van der Waals surface area contributed by atoms with E-state index in [2.05, 4.69) is 15.2 Å². The summed E-state index contributed by atoms with van der Waals surface area (Å²) in [6, 6.07) is 4.08. The van der Waals surface area contributed by atoms with Gasteiger partial charge in [0.25, 0.3) is 0 Å². The molecule has 2 aliphatic heterocycles. The molecule has 1 N–H and O–H groups in total. The number of aromatic nitrogens is 1. The third-order valence-corrected chi connectivity index (χ3v) is 4.34. The van der Waals surface area contributed by atoms with Gasteiger partial charge in [0.05, 0.1) is 0 Å². The predicted molar refractivity (Wildman–Crippen MR) is 68.9 cm³/mol. The van der Waals surface area contributed by atoms with E-state index in [9.17, 15) is 4.39 Å². The molecule has 18 heavy (non-hydrogen) atoms. The molecule has 0 unspecified atom stereocenters. The third-order valence-electron chi connectivity index (χ3n) is 4.34. The first-order valence-electron chi connectivity index (χ1n) is 6.75. The summed E-state index contributed by atoms with van der Waals surface area (Å²) in [5.41, 5.74) is 1.13. The summed E-state index contributed by atoms with van der Waals surface area (Å²) in [4.78, 5) is 6.40. The molecule has 1 spiro atoms. The number of nitrogens with zero attached hydrogens (tertiary/aromatic N) is 2. The molecule has 0 amide bonds. The molecule has 0 saturated carbocycles. The number of rotatable bonds is 2. The second-order valence-corrected chi connectivity index (χ2v) is 5.61. The topological polar surface area (TPSA) is 28.2 Å². The number of nitrogens with one attached hydrogen (secondary N) is 1. The van der Waals surface area contributed by atoms with Crippen LogP contribution >= 0.6 is 0 Å². The lowest BCUT2D eigenvalue weighted by molar-refractivity contribution is 0.0748. The maximum absolute atomic E-state index is 14.2. The van der Waals surface area contributed by atoms with Crippen LogP contribution in [0.1, 0.15) is 18.4 Å². The van der Waals surface area contributed by atoms with Crippen molar-refractivity contribution in [2.45, 2.75) is 25.6 Å².